The van der Waals surface area contributed by atoms with E-state index in [1.54, 1.807) is 18.2 Å². The molecule has 2 nitrogen and oxygen atoms in total. The van der Waals surface area contributed by atoms with Gasteiger partial charge in [0.25, 0.3) is 5.91 Å². The van der Waals surface area contributed by atoms with Crippen LogP contribution in [0.2, 0.25) is 0 Å². The van der Waals surface area contributed by atoms with E-state index in [1.807, 2.05) is 55.4 Å². The number of benzene rings is 2. The molecule has 3 rings (SSSR count). The summed E-state index contributed by atoms with van der Waals surface area (Å²) in [4.78, 5) is 11.2. The number of rotatable bonds is 0. The zero-order chi connectivity index (χ0) is 27.0. The number of hydrogen-bond donors (Lipinski definition) is 1. The van der Waals surface area contributed by atoms with Crippen LogP contribution in [0.3, 0.4) is 0 Å². The highest BCUT2D eigenvalue weighted by atomic mass is 16.1. The summed E-state index contributed by atoms with van der Waals surface area (Å²) in [7, 11) is 0. The predicted octanol–water partition coefficient (Wildman–Crippen LogP) is 10.2. The Labute approximate surface area is 209 Å². The summed E-state index contributed by atoms with van der Waals surface area (Å²) in [6, 6.07) is 13.7. The van der Waals surface area contributed by atoms with Gasteiger partial charge in [-0.05, 0) is 49.1 Å². The van der Waals surface area contributed by atoms with Crippen molar-refractivity contribution in [2.75, 3.05) is 5.32 Å². The average molecular weight is 458 g/mol. The SMILES string of the molecule is C#Cc1ccc2c(c1)C(=C)C(=O)N2.CC.CC.CC.CC.CC(C)C.Cc1ccccc1C.[HH].[HH]. The third-order valence-electron chi connectivity index (χ3n) is 3.46. The van der Waals surface area contributed by atoms with Crippen LogP contribution in [0, 0.1) is 32.1 Å². The monoisotopic (exact) mass is 457 g/mol. The number of carbonyl (C=O) groups excluding carboxylic acids is 1. The minimum atomic E-state index is -0.149. The molecule has 0 unspecified atom stereocenters. The van der Waals surface area contributed by atoms with Crippen molar-refractivity contribution in [2.45, 2.75) is 90.0 Å². The Bertz CT molecular complexity index is 782. The summed E-state index contributed by atoms with van der Waals surface area (Å²) in [5, 5.41) is 2.69. The molecule has 1 aliphatic rings. The van der Waals surface area contributed by atoms with Gasteiger partial charge in [0.15, 0.2) is 0 Å². The van der Waals surface area contributed by atoms with Crippen molar-refractivity contribution >= 4 is 17.2 Å². The molecule has 0 spiro atoms. The second kappa shape index (κ2) is 25.5. The van der Waals surface area contributed by atoms with Crippen molar-refractivity contribution in [1.82, 2.24) is 0 Å². The normalized spacial score (nSPS) is 9.36. The summed E-state index contributed by atoms with van der Waals surface area (Å²) < 4.78 is 0. The van der Waals surface area contributed by atoms with Gasteiger partial charge >= 0.3 is 0 Å². The van der Waals surface area contributed by atoms with Crippen LogP contribution in [0.1, 0.15) is 101 Å². The molecule has 2 aromatic carbocycles. The summed E-state index contributed by atoms with van der Waals surface area (Å²) in [5.74, 6) is 3.20. The van der Waals surface area contributed by atoms with Crippen LogP contribution >= 0.6 is 0 Å². The molecule has 0 bridgehead atoms. The highest BCUT2D eigenvalue weighted by molar-refractivity contribution is 6.31. The molecule has 33 heavy (non-hydrogen) atoms. The van der Waals surface area contributed by atoms with Gasteiger partial charge in [-0.15, -0.1) is 6.42 Å². The Morgan fingerprint density at radius 2 is 1.24 bits per heavy atom. The lowest BCUT2D eigenvalue weighted by atomic mass is 10.1. The summed E-state index contributed by atoms with van der Waals surface area (Å²) in [6.45, 7) is 30.4. The molecule has 2 aromatic rings. The molecule has 0 saturated heterocycles. The van der Waals surface area contributed by atoms with Gasteiger partial charge in [-0.1, -0.05) is 113 Å². The van der Waals surface area contributed by atoms with E-state index in [-0.39, 0.29) is 8.76 Å². The molecule has 0 atom stereocenters. The van der Waals surface area contributed by atoms with Crippen LogP contribution in [0.15, 0.2) is 49.0 Å². The van der Waals surface area contributed by atoms with E-state index < -0.39 is 0 Å². The number of aryl methyl sites for hydroxylation is 2. The first-order valence-corrected chi connectivity index (χ1v) is 12.4. The topological polar surface area (TPSA) is 29.1 Å². The highest BCUT2D eigenvalue weighted by Gasteiger charge is 2.21. The van der Waals surface area contributed by atoms with E-state index >= 15 is 0 Å². The number of nitrogens with one attached hydrogen (secondary N) is 1. The maximum absolute atomic E-state index is 11.2. The van der Waals surface area contributed by atoms with Gasteiger partial charge in [0.1, 0.15) is 0 Å². The molecule has 0 saturated carbocycles. The fourth-order valence-corrected chi connectivity index (χ4v) is 1.98. The van der Waals surface area contributed by atoms with Crippen LogP contribution in [0.4, 0.5) is 5.69 Å². The third kappa shape index (κ3) is 17.4. The lowest BCUT2D eigenvalue weighted by Crippen LogP contribution is -2.02. The van der Waals surface area contributed by atoms with Gasteiger partial charge in [-0.25, -0.2) is 0 Å². The lowest BCUT2D eigenvalue weighted by molar-refractivity contribution is -0.110. The number of hydrogen-bond acceptors (Lipinski definition) is 1. The van der Waals surface area contributed by atoms with Crippen LogP contribution in [-0.4, -0.2) is 5.91 Å². The fourth-order valence-electron chi connectivity index (χ4n) is 1.98. The second-order valence-electron chi connectivity index (χ2n) is 6.65. The maximum atomic E-state index is 11.2. The number of amides is 1. The lowest BCUT2D eigenvalue weighted by Gasteiger charge is -1.97. The number of terminal acetylenes is 1. The first-order valence-electron chi connectivity index (χ1n) is 12.4. The van der Waals surface area contributed by atoms with Gasteiger partial charge in [0.05, 0.1) is 0 Å². The fraction of sp³-hybridized carbons (Fsp3) is 0.452. The van der Waals surface area contributed by atoms with Crippen molar-refractivity contribution in [3.05, 3.63) is 71.3 Å². The molecule has 0 aromatic heterocycles. The Morgan fingerprint density at radius 3 is 1.58 bits per heavy atom. The van der Waals surface area contributed by atoms with E-state index in [2.05, 4.69) is 76.7 Å². The van der Waals surface area contributed by atoms with Crippen LogP contribution in [-0.2, 0) is 4.79 Å². The van der Waals surface area contributed by atoms with Gasteiger partial charge in [0, 0.05) is 25.2 Å². The van der Waals surface area contributed by atoms with Crippen LogP contribution < -0.4 is 5.32 Å². The first-order chi connectivity index (χ1) is 15.8. The maximum Gasteiger partial charge on any atom is 0.255 e. The predicted molar refractivity (Wildman–Crippen MR) is 158 cm³/mol. The Balaban J connectivity index is -0.0000000834. The molecule has 1 amide bonds. The van der Waals surface area contributed by atoms with Crippen molar-refractivity contribution in [3.63, 3.8) is 0 Å². The minimum Gasteiger partial charge on any atom is -0.321 e. The van der Waals surface area contributed by atoms with Crippen LogP contribution in [0.25, 0.3) is 5.57 Å². The van der Waals surface area contributed by atoms with E-state index in [0.717, 1.165) is 22.7 Å². The van der Waals surface area contributed by atoms with Gasteiger partial charge in [0.2, 0.25) is 0 Å². The zero-order valence-corrected chi connectivity index (χ0v) is 23.8. The standard InChI is InChI=1S/C11H7NO.C8H10.C4H10.4C2H6.2H2/c1-3-8-4-5-10-9(6-8)7(2)11(13)12-10;1-7-5-3-4-6-8(7)2;1-4(2)3;4*1-2;;/h1,4-6H,2H2,(H,12,13);3-6H,1-2H3;4H,1-3H3;4*1-2H3;2*1H. The molecule has 190 valence electrons. The van der Waals surface area contributed by atoms with Crippen molar-refractivity contribution < 1.29 is 7.65 Å². The quantitative estimate of drug-likeness (QED) is 0.309. The minimum absolute atomic E-state index is 0. The molecule has 0 radical (unpaired) electrons. The number of fused-ring (bicyclic) bond motifs is 1. The molecule has 1 aliphatic heterocycles. The second-order valence-corrected chi connectivity index (χ2v) is 6.65. The number of carbonyl (C=O) groups is 1. The van der Waals surface area contributed by atoms with Crippen molar-refractivity contribution in [2.24, 2.45) is 5.92 Å². The molecular weight excluding hydrogens is 402 g/mol. The molecule has 1 N–H and O–H groups in total. The van der Waals surface area contributed by atoms with Crippen molar-refractivity contribution in [1.29, 1.82) is 0 Å². The average Bonchev–Trinajstić information content (AvgIpc) is 3.14. The smallest absolute Gasteiger partial charge is 0.255 e. The van der Waals surface area contributed by atoms with E-state index in [4.69, 9.17) is 6.42 Å². The Morgan fingerprint density at radius 1 is 0.848 bits per heavy atom. The van der Waals surface area contributed by atoms with E-state index in [1.165, 1.54) is 11.1 Å². The molecule has 0 aliphatic carbocycles. The van der Waals surface area contributed by atoms with Gasteiger partial charge in [-0.2, -0.15) is 0 Å². The summed E-state index contributed by atoms with van der Waals surface area (Å²) in [6.07, 6.45) is 5.24. The summed E-state index contributed by atoms with van der Waals surface area (Å²) in [5.41, 5.74) is 5.57. The molecular formula is C31H55NO. The third-order valence-corrected chi connectivity index (χ3v) is 3.46. The van der Waals surface area contributed by atoms with E-state index in [9.17, 15) is 4.79 Å². The van der Waals surface area contributed by atoms with Crippen molar-refractivity contribution in [3.8, 4) is 12.3 Å². The largest absolute Gasteiger partial charge is 0.321 e. The Kier molecular flexibility index (Phi) is 29.0. The van der Waals surface area contributed by atoms with Gasteiger partial charge in [-0.3, -0.25) is 4.79 Å². The van der Waals surface area contributed by atoms with Gasteiger partial charge < -0.3 is 5.32 Å². The van der Waals surface area contributed by atoms with E-state index in [0.29, 0.717) is 5.57 Å². The van der Waals surface area contributed by atoms with Crippen LogP contribution in [0.5, 0.6) is 0 Å². The molecule has 1 heterocycles. The first kappa shape index (κ1) is 37.5. The Hall–Kier alpha value is -2.79. The highest BCUT2D eigenvalue weighted by Crippen LogP contribution is 2.30. The molecule has 0 fully saturated rings. The number of anilines is 1. The summed E-state index contributed by atoms with van der Waals surface area (Å²) >= 11 is 0. The molecule has 2 heteroatoms. The zero-order valence-electron chi connectivity index (χ0n) is 23.8.